The normalized spacial score (nSPS) is 23.9. The summed E-state index contributed by atoms with van der Waals surface area (Å²) in [6.45, 7) is 1.64. The van der Waals surface area contributed by atoms with Crippen LogP contribution in [0.25, 0.3) is 11.1 Å². The number of benzene rings is 3. The van der Waals surface area contributed by atoms with Gasteiger partial charge in [0.05, 0.1) is 20.2 Å². The minimum Gasteiger partial charge on any atom is -0.497 e. The molecule has 0 aliphatic carbocycles. The van der Waals surface area contributed by atoms with Crippen molar-refractivity contribution in [2.45, 2.75) is 18.1 Å². The third kappa shape index (κ3) is 3.81. The van der Waals surface area contributed by atoms with Crippen LogP contribution >= 0.6 is 23.2 Å². The second kappa shape index (κ2) is 8.29. The van der Waals surface area contributed by atoms with Crippen LogP contribution < -0.4 is 10.5 Å². The number of nitrogens with zero attached hydrogens (tertiary/aromatic N) is 3. The van der Waals surface area contributed by atoms with Crippen molar-refractivity contribution in [3.8, 4) is 16.9 Å². The molecule has 0 amide bonds. The molecule has 0 bridgehead atoms. The molecule has 0 radical (unpaired) electrons. The minimum atomic E-state index is -1.50. The molecule has 0 saturated heterocycles. The van der Waals surface area contributed by atoms with E-state index in [1.54, 1.807) is 18.1 Å². The fraction of sp³-hybridized carbons (Fsp3) is 0.231. The van der Waals surface area contributed by atoms with Crippen LogP contribution in [0.3, 0.4) is 0 Å². The summed E-state index contributed by atoms with van der Waals surface area (Å²) in [5.74, 6) is 1.55. The van der Waals surface area contributed by atoms with E-state index in [-0.39, 0.29) is 19.0 Å². The lowest BCUT2D eigenvalue weighted by atomic mass is 9.80. The van der Waals surface area contributed by atoms with Crippen molar-refractivity contribution < 1.29 is 9.13 Å². The Labute approximate surface area is 207 Å². The SMILES string of the molecule is COc1ccc(C2(c3cccc(-c4cc(Cl)cc(Cl)c4)c3)N=C(N)N3CC(C)(F)CN=C32)cc1. The Hall–Kier alpha value is -3.09. The molecule has 2 atom stereocenters. The summed E-state index contributed by atoms with van der Waals surface area (Å²) in [4.78, 5) is 11.3. The maximum Gasteiger partial charge on any atom is 0.198 e. The van der Waals surface area contributed by atoms with Crippen LogP contribution in [-0.2, 0) is 5.54 Å². The van der Waals surface area contributed by atoms with Gasteiger partial charge in [0.15, 0.2) is 11.5 Å². The standard InChI is InChI=1S/C26H23Cl2FN4O/c1-25(29)14-31-23-26(32-24(30)33(23)15-25,18-6-8-22(34-2)9-7-18)19-5-3-4-16(10-19)17-11-20(27)13-21(28)12-17/h3-13H,14-15H2,1-2H3,(H2,30,32). The van der Waals surface area contributed by atoms with E-state index in [0.29, 0.717) is 15.9 Å². The van der Waals surface area contributed by atoms with Crippen LogP contribution in [0.1, 0.15) is 18.1 Å². The fourth-order valence-corrected chi connectivity index (χ4v) is 5.12. The number of halogens is 3. The summed E-state index contributed by atoms with van der Waals surface area (Å²) in [5.41, 5.74) is 7.31. The number of hydrogen-bond acceptors (Lipinski definition) is 5. The lowest BCUT2D eigenvalue weighted by molar-refractivity contribution is 0.166. The molecule has 5 nitrogen and oxygen atoms in total. The first-order chi connectivity index (χ1) is 16.2. The molecular formula is C26H23Cl2FN4O. The summed E-state index contributed by atoms with van der Waals surface area (Å²) in [5, 5.41) is 1.09. The predicted octanol–water partition coefficient (Wildman–Crippen LogP) is 5.68. The second-order valence-electron chi connectivity index (χ2n) is 8.79. The first-order valence-corrected chi connectivity index (χ1v) is 11.6. The van der Waals surface area contributed by atoms with Gasteiger partial charge in [-0.1, -0.05) is 53.5 Å². The van der Waals surface area contributed by atoms with Crippen LogP contribution in [0.15, 0.2) is 76.7 Å². The number of hydrogen-bond donors (Lipinski definition) is 1. The van der Waals surface area contributed by atoms with Gasteiger partial charge in [0.2, 0.25) is 0 Å². The molecular weight excluding hydrogens is 474 g/mol. The molecule has 2 aliphatic heterocycles. The molecule has 3 aromatic carbocycles. The maximum atomic E-state index is 14.9. The molecule has 174 valence electrons. The van der Waals surface area contributed by atoms with Gasteiger partial charge in [-0.15, -0.1) is 0 Å². The van der Waals surface area contributed by atoms with Gasteiger partial charge in [-0.3, -0.25) is 9.89 Å². The minimum absolute atomic E-state index is 0.0309. The summed E-state index contributed by atoms with van der Waals surface area (Å²) in [6, 6.07) is 21.0. The third-order valence-corrected chi connectivity index (χ3v) is 6.60. The third-order valence-electron chi connectivity index (χ3n) is 6.17. The van der Waals surface area contributed by atoms with Gasteiger partial charge in [0.1, 0.15) is 17.3 Å². The number of alkyl halides is 1. The smallest absolute Gasteiger partial charge is 0.198 e. The molecule has 0 fully saturated rings. The maximum absolute atomic E-state index is 14.9. The molecule has 2 aliphatic rings. The van der Waals surface area contributed by atoms with Crippen LogP contribution in [-0.4, -0.2) is 42.6 Å². The number of ether oxygens (including phenoxy) is 1. The number of rotatable bonds is 4. The molecule has 5 rings (SSSR count). The van der Waals surface area contributed by atoms with Crippen molar-refractivity contribution in [1.82, 2.24) is 4.90 Å². The average molecular weight is 497 g/mol. The highest BCUT2D eigenvalue weighted by Gasteiger charge is 2.52. The largest absolute Gasteiger partial charge is 0.497 e. The Bertz CT molecular complexity index is 1300. The summed E-state index contributed by atoms with van der Waals surface area (Å²) >= 11 is 12.5. The highest BCUT2D eigenvalue weighted by Crippen LogP contribution is 2.44. The van der Waals surface area contributed by atoms with Crippen molar-refractivity contribution in [1.29, 1.82) is 0 Å². The molecule has 2 unspecified atom stereocenters. The monoisotopic (exact) mass is 496 g/mol. The number of amidine groups is 1. The molecule has 3 aromatic rings. The van der Waals surface area contributed by atoms with E-state index in [0.717, 1.165) is 28.0 Å². The lowest BCUT2D eigenvalue weighted by Gasteiger charge is -2.37. The molecule has 0 saturated carbocycles. The highest BCUT2D eigenvalue weighted by molar-refractivity contribution is 6.35. The number of aliphatic imine (C=N–C) groups is 2. The Balaban J connectivity index is 1.73. The van der Waals surface area contributed by atoms with Crippen LogP contribution in [0.4, 0.5) is 4.39 Å². The van der Waals surface area contributed by atoms with E-state index in [1.165, 1.54) is 6.92 Å². The Kier molecular flexibility index (Phi) is 5.53. The van der Waals surface area contributed by atoms with Crippen molar-refractivity contribution >= 4 is 35.0 Å². The summed E-state index contributed by atoms with van der Waals surface area (Å²) in [6.07, 6.45) is 0. The zero-order valence-corrected chi connectivity index (χ0v) is 20.2. The molecule has 0 spiro atoms. The van der Waals surface area contributed by atoms with E-state index in [4.69, 9.17) is 38.7 Å². The number of methoxy groups -OCH3 is 1. The Morgan fingerprint density at radius 2 is 1.68 bits per heavy atom. The average Bonchev–Trinajstić information content (AvgIpc) is 3.10. The van der Waals surface area contributed by atoms with E-state index in [1.807, 2.05) is 60.7 Å². The van der Waals surface area contributed by atoms with Crippen molar-refractivity contribution in [2.75, 3.05) is 20.2 Å². The fourth-order valence-electron chi connectivity index (χ4n) is 4.59. The van der Waals surface area contributed by atoms with E-state index in [2.05, 4.69) is 4.99 Å². The number of fused-ring (bicyclic) bond motifs is 1. The van der Waals surface area contributed by atoms with Crippen LogP contribution in [0, 0.1) is 0 Å². The Morgan fingerprint density at radius 1 is 0.971 bits per heavy atom. The van der Waals surface area contributed by atoms with Crippen LogP contribution in [0.5, 0.6) is 5.75 Å². The zero-order valence-electron chi connectivity index (χ0n) is 18.7. The quantitative estimate of drug-likeness (QED) is 0.504. The summed E-state index contributed by atoms with van der Waals surface area (Å²) in [7, 11) is 1.62. The van der Waals surface area contributed by atoms with E-state index < -0.39 is 11.2 Å². The zero-order chi connectivity index (χ0) is 24.1. The van der Waals surface area contributed by atoms with Gasteiger partial charge in [-0.25, -0.2) is 9.38 Å². The van der Waals surface area contributed by atoms with Gasteiger partial charge < -0.3 is 10.5 Å². The van der Waals surface area contributed by atoms with Gasteiger partial charge >= 0.3 is 0 Å². The van der Waals surface area contributed by atoms with Crippen LogP contribution in [0.2, 0.25) is 10.0 Å². The van der Waals surface area contributed by atoms with Crippen molar-refractivity contribution in [2.24, 2.45) is 15.7 Å². The van der Waals surface area contributed by atoms with Crippen molar-refractivity contribution in [3.05, 3.63) is 87.9 Å². The Morgan fingerprint density at radius 3 is 2.35 bits per heavy atom. The molecule has 2 N–H and O–H groups in total. The number of nitrogens with two attached hydrogens (primary N) is 1. The van der Waals surface area contributed by atoms with E-state index >= 15 is 0 Å². The van der Waals surface area contributed by atoms with Crippen molar-refractivity contribution in [3.63, 3.8) is 0 Å². The molecule has 8 heteroatoms. The topological polar surface area (TPSA) is 63.2 Å². The van der Waals surface area contributed by atoms with Gasteiger partial charge in [-0.2, -0.15) is 0 Å². The first-order valence-electron chi connectivity index (χ1n) is 10.8. The highest BCUT2D eigenvalue weighted by atomic mass is 35.5. The second-order valence-corrected chi connectivity index (χ2v) is 9.66. The molecule has 0 aromatic heterocycles. The summed E-state index contributed by atoms with van der Waals surface area (Å²) < 4.78 is 20.2. The van der Waals surface area contributed by atoms with Gasteiger partial charge in [-0.05, 0) is 65.6 Å². The lowest BCUT2D eigenvalue weighted by Crippen LogP contribution is -2.53. The van der Waals surface area contributed by atoms with Gasteiger partial charge in [0, 0.05) is 10.0 Å². The molecule has 2 heterocycles. The first kappa shape index (κ1) is 22.7. The number of guanidine groups is 1. The predicted molar refractivity (Wildman–Crippen MR) is 136 cm³/mol. The van der Waals surface area contributed by atoms with E-state index in [9.17, 15) is 4.39 Å². The molecule has 34 heavy (non-hydrogen) atoms. The van der Waals surface area contributed by atoms with Gasteiger partial charge in [0.25, 0.3) is 0 Å².